The zero-order chi connectivity index (χ0) is 18.4. The van der Waals surface area contributed by atoms with Gasteiger partial charge in [0.1, 0.15) is 0 Å². The summed E-state index contributed by atoms with van der Waals surface area (Å²) in [5, 5.41) is 10.6. The van der Waals surface area contributed by atoms with Crippen molar-refractivity contribution in [2.45, 2.75) is 43.9 Å². The van der Waals surface area contributed by atoms with Crippen LogP contribution < -0.4 is 0 Å². The second-order valence-corrected chi connectivity index (χ2v) is 7.70. The van der Waals surface area contributed by atoms with Crippen LogP contribution in [0.1, 0.15) is 36.8 Å². The molecule has 0 amide bonds. The van der Waals surface area contributed by atoms with Gasteiger partial charge in [-0.05, 0) is 56.8 Å². The number of ether oxygens (including phenoxy) is 1. The van der Waals surface area contributed by atoms with E-state index in [1.807, 2.05) is 18.2 Å². The normalized spacial score (nSPS) is 24.5. The Morgan fingerprint density at radius 1 is 1.00 bits per heavy atom. The third-order valence-corrected chi connectivity index (χ3v) is 5.97. The van der Waals surface area contributed by atoms with E-state index < -0.39 is 0 Å². The molecule has 3 nitrogen and oxygen atoms in total. The zero-order valence-electron chi connectivity index (χ0n) is 16.0. The molecule has 0 aliphatic heterocycles. The van der Waals surface area contributed by atoms with Gasteiger partial charge in [-0.1, -0.05) is 60.7 Å². The molecule has 2 aromatic carbocycles. The minimum atomic E-state index is -0.380. The van der Waals surface area contributed by atoms with Crippen LogP contribution in [0.25, 0.3) is 0 Å². The molecule has 0 bridgehead atoms. The Morgan fingerprint density at radius 3 is 2.15 bits per heavy atom. The molecule has 1 fully saturated rings. The van der Waals surface area contributed by atoms with Gasteiger partial charge in [0.05, 0.1) is 19.3 Å². The molecule has 1 aliphatic rings. The molecule has 3 rings (SSSR count). The number of hydrogen-bond acceptors (Lipinski definition) is 3. The number of benzene rings is 2. The molecule has 140 valence electrons. The molecule has 1 aliphatic carbocycles. The first-order valence-electron chi connectivity index (χ1n) is 9.64. The lowest BCUT2D eigenvalue weighted by molar-refractivity contribution is -0.0294. The molecular formula is C23H31NO2. The van der Waals surface area contributed by atoms with Gasteiger partial charge in [-0.15, -0.1) is 0 Å². The molecule has 1 unspecified atom stereocenters. The van der Waals surface area contributed by atoms with Crippen LogP contribution in [0.5, 0.6) is 0 Å². The summed E-state index contributed by atoms with van der Waals surface area (Å²) in [4.78, 5) is 2.36. The van der Waals surface area contributed by atoms with Crippen molar-refractivity contribution in [3.05, 3.63) is 71.8 Å². The van der Waals surface area contributed by atoms with Crippen molar-refractivity contribution in [1.82, 2.24) is 4.90 Å². The number of rotatable bonds is 7. The fourth-order valence-electron chi connectivity index (χ4n) is 4.25. The lowest BCUT2D eigenvalue weighted by atomic mass is 9.70. The lowest BCUT2D eigenvalue weighted by Gasteiger charge is -2.46. The van der Waals surface area contributed by atoms with Crippen molar-refractivity contribution in [1.29, 1.82) is 0 Å². The first kappa shape index (κ1) is 19.1. The summed E-state index contributed by atoms with van der Waals surface area (Å²) in [6, 6.07) is 20.9. The maximum atomic E-state index is 10.6. The van der Waals surface area contributed by atoms with Gasteiger partial charge >= 0.3 is 0 Å². The van der Waals surface area contributed by atoms with Crippen LogP contribution in [0.15, 0.2) is 60.7 Å². The molecule has 1 N–H and O–H groups in total. The van der Waals surface area contributed by atoms with Gasteiger partial charge in [-0.25, -0.2) is 0 Å². The van der Waals surface area contributed by atoms with E-state index in [1.54, 1.807) is 0 Å². The topological polar surface area (TPSA) is 32.7 Å². The van der Waals surface area contributed by atoms with E-state index in [4.69, 9.17) is 4.74 Å². The van der Waals surface area contributed by atoms with Gasteiger partial charge in [-0.3, -0.25) is 4.90 Å². The monoisotopic (exact) mass is 353 g/mol. The molecule has 3 heteroatoms. The molecule has 1 saturated carbocycles. The van der Waals surface area contributed by atoms with Gasteiger partial charge < -0.3 is 9.84 Å². The molecule has 2 aromatic rings. The highest BCUT2D eigenvalue weighted by Crippen LogP contribution is 2.43. The van der Waals surface area contributed by atoms with E-state index in [0.29, 0.717) is 19.1 Å². The number of aliphatic hydroxyl groups excluding tert-OH is 1. The molecule has 0 spiro atoms. The van der Waals surface area contributed by atoms with E-state index in [9.17, 15) is 5.11 Å². The molecule has 1 atom stereocenters. The Kier molecular flexibility index (Phi) is 6.47. The summed E-state index contributed by atoms with van der Waals surface area (Å²) in [6.07, 6.45) is 3.83. The largest absolute Gasteiger partial charge is 0.390 e. The van der Waals surface area contributed by atoms with Crippen LogP contribution >= 0.6 is 0 Å². The smallest absolute Gasteiger partial charge is 0.0801 e. The van der Waals surface area contributed by atoms with Crippen molar-refractivity contribution in [2.75, 3.05) is 20.7 Å². The van der Waals surface area contributed by atoms with Crippen molar-refractivity contribution >= 4 is 0 Å². The van der Waals surface area contributed by atoms with Crippen molar-refractivity contribution in [3.8, 4) is 0 Å². The van der Waals surface area contributed by atoms with Gasteiger partial charge in [0.15, 0.2) is 0 Å². The number of nitrogens with zero attached hydrogens (tertiary/aromatic N) is 1. The predicted octanol–water partition coefficient (Wildman–Crippen LogP) is 4.21. The Labute approximate surface area is 157 Å². The van der Waals surface area contributed by atoms with E-state index in [2.05, 4.69) is 61.5 Å². The summed E-state index contributed by atoms with van der Waals surface area (Å²) in [6.45, 7) is 0.982. The van der Waals surface area contributed by atoms with Crippen LogP contribution in [0.3, 0.4) is 0 Å². The predicted molar refractivity (Wildman–Crippen MR) is 106 cm³/mol. The summed E-state index contributed by atoms with van der Waals surface area (Å²) < 4.78 is 5.76. The number of aliphatic hydroxyl groups is 1. The standard InChI is InChI=1S/C23H31NO2/c1-24(2)23(21-11-7-4-8-12-21)15-13-20(14-16-23)22(25)18-26-17-19-9-5-3-6-10-19/h3-12,20,22,25H,13-18H2,1-2H3. The molecule has 0 radical (unpaired) electrons. The molecule has 0 saturated heterocycles. The molecule has 26 heavy (non-hydrogen) atoms. The summed E-state index contributed by atoms with van der Waals surface area (Å²) >= 11 is 0. The highest BCUT2D eigenvalue weighted by atomic mass is 16.5. The fourth-order valence-corrected chi connectivity index (χ4v) is 4.25. The van der Waals surface area contributed by atoms with E-state index in [-0.39, 0.29) is 11.6 Å². The summed E-state index contributed by atoms with van der Waals surface area (Å²) in [5.41, 5.74) is 2.62. The van der Waals surface area contributed by atoms with Gasteiger partial charge in [0.2, 0.25) is 0 Å². The highest BCUT2D eigenvalue weighted by molar-refractivity contribution is 5.25. The van der Waals surface area contributed by atoms with Gasteiger partial charge in [0, 0.05) is 5.54 Å². The van der Waals surface area contributed by atoms with Crippen molar-refractivity contribution in [2.24, 2.45) is 5.92 Å². The third-order valence-electron chi connectivity index (χ3n) is 5.97. The van der Waals surface area contributed by atoms with E-state index >= 15 is 0 Å². The lowest BCUT2D eigenvalue weighted by Crippen LogP contribution is -2.46. The maximum Gasteiger partial charge on any atom is 0.0801 e. The maximum absolute atomic E-state index is 10.6. The second-order valence-electron chi connectivity index (χ2n) is 7.70. The van der Waals surface area contributed by atoms with Crippen LogP contribution in [0.2, 0.25) is 0 Å². The Hall–Kier alpha value is -1.68. The highest BCUT2D eigenvalue weighted by Gasteiger charge is 2.40. The average Bonchev–Trinajstić information content (AvgIpc) is 2.69. The minimum absolute atomic E-state index is 0.0857. The van der Waals surface area contributed by atoms with Crippen LogP contribution in [0, 0.1) is 5.92 Å². The first-order valence-corrected chi connectivity index (χ1v) is 9.64. The zero-order valence-corrected chi connectivity index (χ0v) is 16.0. The number of hydrogen-bond donors (Lipinski definition) is 1. The summed E-state index contributed by atoms with van der Waals surface area (Å²) in [5.74, 6) is 0.322. The van der Waals surface area contributed by atoms with Crippen LogP contribution in [0.4, 0.5) is 0 Å². The van der Waals surface area contributed by atoms with E-state index in [0.717, 1.165) is 31.2 Å². The molecular weight excluding hydrogens is 322 g/mol. The quantitative estimate of drug-likeness (QED) is 0.809. The van der Waals surface area contributed by atoms with Gasteiger partial charge in [-0.2, -0.15) is 0 Å². The first-order chi connectivity index (χ1) is 12.6. The van der Waals surface area contributed by atoms with E-state index in [1.165, 1.54) is 5.56 Å². The van der Waals surface area contributed by atoms with Crippen LogP contribution in [-0.4, -0.2) is 36.8 Å². The van der Waals surface area contributed by atoms with Crippen molar-refractivity contribution in [3.63, 3.8) is 0 Å². The Bertz CT molecular complexity index is 648. The minimum Gasteiger partial charge on any atom is -0.390 e. The SMILES string of the molecule is CN(C)C1(c2ccccc2)CCC(C(O)COCc2ccccc2)CC1. The van der Waals surface area contributed by atoms with Crippen LogP contribution in [-0.2, 0) is 16.9 Å². The Morgan fingerprint density at radius 2 is 1.58 bits per heavy atom. The summed E-state index contributed by atoms with van der Waals surface area (Å²) in [7, 11) is 4.35. The molecule has 0 heterocycles. The van der Waals surface area contributed by atoms with Crippen molar-refractivity contribution < 1.29 is 9.84 Å². The Balaban J connectivity index is 1.53. The molecule has 0 aromatic heterocycles. The fraction of sp³-hybridized carbons (Fsp3) is 0.478. The van der Waals surface area contributed by atoms with Gasteiger partial charge in [0.25, 0.3) is 0 Å². The second kappa shape index (κ2) is 8.81. The average molecular weight is 354 g/mol. The third kappa shape index (κ3) is 4.35.